The van der Waals surface area contributed by atoms with Crippen LogP contribution in [-0.4, -0.2) is 15.8 Å². The molecule has 0 aliphatic heterocycles. The summed E-state index contributed by atoms with van der Waals surface area (Å²) < 4.78 is 7.65. The molecule has 2 heterocycles. The van der Waals surface area contributed by atoms with Crippen molar-refractivity contribution in [3.8, 4) is 11.1 Å². The minimum atomic E-state index is 0.696. The predicted octanol–water partition coefficient (Wildman–Crippen LogP) is 3.11. The van der Waals surface area contributed by atoms with Gasteiger partial charge in [0.2, 0.25) is 0 Å². The number of aromatic nitrogens is 2. The topological polar surface area (TPSA) is 43.0 Å². The Morgan fingerprint density at radius 1 is 1.42 bits per heavy atom. The number of furan rings is 1. The van der Waals surface area contributed by atoms with Crippen molar-refractivity contribution in [3.05, 3.63) is 30.0 Å². The summed E-state index contributed by atoms with van der Waals surface area (Å²) in [6.45, 7) is 6.01. The smallest absolute Gasteiger partial charge is 0.125 e. The molecule has 0 aromatic carbocycles. The average Bonchev–Trinajstić information content (AvgIpc) is 2.99. The SMILES string of the molecule is CCCn1cc(-c2ccoc2CNC2CC2)c(C)n1. The molecule has 0 atom stereocenters. The lowest BCUT2D eigenvalue weighted by atomic mass is 10.1. The Morgan fingerprint density at radius 2 is 2.26 bits per heavy atom. The van der Waals surface area contributed by atoms with Gasteiger partial charge in [-0.3, -0.25) is 4.68 Å². The third-order valence-electron chi connectivity index (χ3n) is 3.56. The summed E-state index contributed by atoms with van der Waals surface area (Å²) in [5.41, 5.74) is 3.44. The molecule has 19 heavy (non-hydrogen) atoms. The van der Waals surface area contributed by atoms with E-state index in [1.807, 2.05) is 10.7 Å². The highest BCUT2D eigenvalue weighted by Gasteiger charge is 2.22. The summed E-state index contributed by atoms with van der Waals surface area (Å²) in [5.74, 6) is 1.02. The lowest BCUT2D eigenvalue weighted by Gasteiger charge is -2.02. The third kappa shape index (κ3) is 2.73. The van der Waals surface area contributed by atoms with Gasteiger partial charge in [-0.15, -0.1) is 0 Å². The summed E-state index contributed by atoms with van der Waals surface area (Å²) in [7, 11) is 0. The van der Waals surface area contributed by atoms with E-state index in [0.717, 1.165) is 31.0 Å². The first-order chi connectivity index (χ1) is 9.28. The molecule has 0 unspecified atom stereocenters. The van der Waals surface area contributed by atoms with Crippen molar-refractivity contribution in [2.75, 3.05) is 0 Å². The van der Waals surface area contributed by atoms with Crippen molar-refractivity contribution >= 4 is 0 Å². The van der Waals surface area contributed by atoms with Gasteiger partial charge in [0.05, 0.1) is 18.5 Å². The number of aryl methyl sites for hydroxylation is 2. The van der Waals surface area contributed by atoms with Crippen LogP contribution in [0, 0.1) is 6.92 Å². The Labute approximate surface area is 113 Å². The molecule has 1 fully saturated rings. The summed E-state index contributed by atoms with van der Waals surface area (Å²) in [6.07, 6.45) is 7.59. The van der Waals surface area contributed by atoms with Crippen LogP contribution in [0.4, 0.5) is 0 Å². The summed E-state index contributed by atoms with van der Waals surface area (Å²) in [5, 5.41) is 8.06. The fourth-order valence-electron chi connectivity index (χ4n) is 2.37. The van der Waals surface area contributed by atoms with Gasteiger partial charge in [-0.05, 0) is 32.3 Å². The lowest BCUT2D eigenvalue weighted by molar-refractivity contribution is 0.483. The molecule has 4 nitrogen and oxygen atoms in total. The Kier molecular flexibility index (Phi) is 3.42. The van der Waals surface area contributed by atoms with Crippen LogP contribution in [0.3, 0.4) is 0 Å². The molecule has 102 valence electrons. The van der Waals surface area contributed by atoms with Gasteiger partial charge < -0.3 is 9.73 Å². The van der Waals surface area contributed by atoms with E-state index in [1.54, 1.807) is 6.26 Å². The molecule has 1 aliphatic carbocycles. The van der Waals surface area contributed by atoms with Crippen LogP contribution < -0.4 is 5.32 Å². The van der Waals surface area contributed by atoms with E-state index in [4.69, 9.17) is 4.42 Å². The second kappa shape index (κ2) is 5.21. The Bertz CT molecular complexity index is 551. The Morgan fingerprint density at radius 3 is 3.00 bits per heavy atom. The van der Waals surface area contributed by atoms with E-state index in [2.05, 4.69) is 30.5 Å². The van der Waals surface area contributed by atoms with Gasteiger partial charge in [-0.2, -0.15) is 5.10 Å². The maximum absolute atomic E-state index is 5.62. The Hall–Kier alpha value is -1.55. The van der Waals surface area contributed by atoms with Crippen molar-refractivity contribution in [2.45, 2.75) is 52.2 Å². The highest BCUT2D eigenvalue weighted by molar-refractivity contribution is 5.67. The minimum absolute atomic E-state index is 0.696. The first-order valence-corrected chi connectivity index (χ1v) is 7.12. The predicted molar refractivity (Wildman–Crippen MR) is 74.8 cm³/mol. The van der Waals surface area contributed by atoms with Crippen LogP contribution in [0.25, 0.3) is 11.1 Å². The molecule has 0 amide bonds. The monoisotopic (exact) mass is 259 g/mol. The van der Waals surface area contributed by atoms with Crippen LogP contribution in [-0.2, 0) is 13.1 Å². The zero-order valence-corrected chi connectivity index (χ0v) is 11.6. The molecule has 1 saturated carbocycles. The number of nitrogens with zero attached hydrogens (tertiary/aromatic N) is 2. The van der Waals surface area contributed by atoms with Gasteiger partial charge in [-0.25, -0.2) is 0 Å². The van der Waals surface area contributed by atoms with Crippen molar-refractivity contribution < 1.29 is 4.42 Å². The van der Waals surface area contributed by atoms with Gasteiger partial charge in [0, 0.05) is 29.9 Å². The highest BCUT2D eigenvalue weighted by Crippen LogP contribution is 2.28. The fraction of sp³-hybridized carbons (Fsp3) is 0.533. The van der Waals surface area contributed by atoms with Gasteiger partial charge in [0.1, 0.15) is 5.76 Å². The number of nitrogens with one attached hydrogen (secondary N) is 1. The van der Waals surface area contributed by atoms with Crippen LogP contribution >= 0.6 is 0 Å². The molecule has 3 rings (SSSR count). The first-order valence-electron chi connectivity index (χ1n) is 7.12. The molecule has 2 aromatic heterocycles. The molecule has 0 bridgehead atoms. The highest BCUT2D eigenvalue weighted by atomic mass is 16.3. The molecule has 4 heteroatoms. The van der Waals surface area contributed by atoms with Crippen molar-refractivity contribution in [1.29, 1.82) is 0 Å². The van der Waals surface area contributed by atoms with Crippen LogP contribution in [0.15, 0.2) is 22.9 Å². The number of rotatable bonds is 6. The maximum Gasteiger partial charge on any atom is 0.125 e. The van der Waals surface area contributed by atoms with Crippen LogP contribution in [0.5, 0.6) is 0 Å². The van der Waals surface area contributed by atoms with E-state index in [1.165, 1.54) is 24.0 Å². The first kappa shape index (κ1) is 12.5. The largest absolute Gasteiger partial charge is 0.467 e. The summed E-state index contributed by atoms with van der Waals surface area (Å²) >= 11 is 0. The summed E-state index contributed by atoms with van der Waals surface area (Å²) in [4.78, 5) is 0. The number of hydrogen-bond acceptors (Lipinski definition) is 3. The second-order valence-corrected chi connectivity index (χ2v) is 5.30. The van der Waals surface area contributed by atoms with Crippen molar-refractivity contribution in [3.63, 3.8) is 0 Å². The molecular weight excluding hydrogens is 238 g/mol. The lowest BCUT2D eigenvalue weighted by Crippen LogP contribution is -2.15. The van der Waals surface area contributed by atoms with E-state index in [9.17, 15) is 0 Å². The van der Waals surface area contributed by atoms with E-state index >= 15 is 0 Å². The van der Waals surface area contributed by atoms with Crippen molar-refractivity contribution in [2.24, 2.45) is 0 Å². The average molecular weight is 259 g/mol. The molecule has 1 aliphatic rings. The van der Waals surface area contributed by atoms with E-state index in [-0.39, 0.29) is 0 Å². The standard InChI is InChI=1S/C15H21N3O/c1-3-7-18-10-14(11(2)17-18)13-6-8-19-15(13)9-16-12-4-5-12/h6,8,10,12,16H,3-5,7,9H2,1-2H3. The molecule has 2 aromatic rings. The van der Waals surface area contributed by atoms with Gasteiger partial charge in [0.15, 0.2) is 0 Å². The van der Waals surface area contributed by atoms with Gasteiger partial charge in [-0.1, -0.05) is 6.92 Å². The molecule has 0 radical (unpaired) electrons. The zero-order chi connectivity index (χ0) is 13.2. The molecular formula is C15H21N3O. The number of hydrogen-bond donors (Lipinski definition) is 1. The zero-order valence-electron chi connectivity index (χ0n) is 11.6. The van der Waals surface area contributed by atoms with Gasteiger partial charge in [0.25, 0.3) is 0 Å². The normalized spacial score (nSPS) is 15.1. The third-order valence-corrected chi connectivity index (χ3v) is 3.56. The fourth-order valence-corrected chi connectivity index (χ4v) is 2.37. The second-order valence-electron chi connectivity index (χ2n) is 5.30. The van der Waals surface area contributed by atoms with E-state index in [0.29, 0.717) is 6.04 Å². The van der Waals surface area contributed by atoms with E-state index < -0.39 is 0 Å². The minimum Gasteiger partial charge on any atom is -0.467 e. The molecule has 0 spiro atoms. The van der Waals surface area contributed by atoms with Crippen LogP contribution in [0.1, 0.15) is 37.6 Å². The molecule has 1 N–H and O–H groups in total. The Balaban J connectivity index is 1.82. The molecule has 0 saturated heterocycles. The van der Waals surface area contributed by atoms with Crippen LogP contribution in [0.2, 0.25) is 0 Å². The maximum atomic E-state index is 5.62. The quantitative estimate of drug-likeness (QED) is 0.866. The summed E-state index contributed by atoms with van der Waals surface area (Å²) in [6, 6.07) is 2.74. The van der Waals surface area contributed by atoms with Crippen molar-refractivity contribution in [1.82, 2.24) is 15.1 Å². The van der Waals surface area contributed by atoms with Gasteiger partial charge >= 0.3 is 0 Å².